The summed E-state index contributed by atoms with van der Waals surface area (Å²) >= 11 is 0. The van der Waals surface area contributed by atoms with Crippen LogP contribution in [0, 0.1) is 5.41 Å². The van der Waals surface area contributed by atoms with Gasteiger partial charge in [0, 0.05) is 70.9 Å². The van der Waals surface area contributed by atoms with E-state index in [1.165, 1.54) is 0 Å². The second kappa shape index (κ2) is 26.6. The van der Waals surface area contributed by atoms with Crippen LogP contribution in [0.25, 0.3) is 0 Å². The number of imidazole rings is 2. The molecule has 0 aromatic carbocycles. The van der Waals surface area contributed by atoms with Crippen LogP contribution in [-0.2, 0) is 0 Å². The number of hydrogen-bond donors (Lipinski definition) is 14. The second-order valence-electron chi connectivity index (χ2n) is 7.11. The third-order valence-electron chi connectivity index (χ3n) is 3.74. The predicted molar refractivity (Wildman–Crippen MR) is 169 cm³/mol. The fraction of sp³-hybridized carbons (Fsp3) is 0.333. The van der Waals surface area contributed by atoms with Crippen LogP contribution in [-0.4, -0.2) is 94.0 Å². The summed E-state index contributed by atoms with van der Waals surface area (Å²) in [5.74, 6) is 2.56. The molecule has 0 radical (unpaired) electrons. The number of guanidine groups is 4. The number of hydrogen-bond acceptors (Lipinski definition) is 15. The number of rotatable bonds is 0. The van der Waals surface area contributed by atoms with Crippen LogP contribution >= 0.6 is 0 Å². The molecule has 5 rings (SSSR count). The van der Waals surface area contributed by atoms with Gasteiger partial charge in [-0.05, 0) is 12.5 Å². The molecule has 0 unspecified atom stereocenters. The lowest BCUT2D eigenvalue weighted by Crippen LogP contribution is -2.35. The van der Waals surface area contributed by atoms with Crippen LogP contribution in [0.1, 0.15) is 6.42 Å². The zero-order valence-corrected chi connectivity index (χ0v) is 23.8. The molecule has 2 aliphatic rings. The number of nitrogens with one attached hydrogen (secondary N) is 6. The lowest BCUT2D eigenvalue weighted by Gasteiger charge is -2.08. The van der Waals surface area contributed by atoms with Crippen molar-refractivity contribution in [2.45, 2.75) is 6.42 Å². The van der Waals surface area contributed by atoms with Crippen molar-refractivity contribution in [1.29, 1.82) is 5.41 Å². The Morgan fingerprint density at radius 1 is 0.786 bits per heavy atom. The molecular formula is C21H45N21. The van der Waals surface area contributed by atoms with Crippen LogP contribution < -0.4 is 61.8 Å². The summed E-state index contributed by atoms with van der Waals surface area (Å²) in [6.45, 7) is 3.62. The van der Waals surface area contributed by atoms with Gasteiger partial charge in [-0.2, -0.15) is 0 Å². The van der Waals surface area contributed by atoms with Crippen molar-refractivity contribution in [2.24, 2.45) is 43.6 Å². The number of anilines is 3. The quantitative estimate of drug-likeness (QED) is 0.0880. The molecule has 0 amide bonds. The highest BCUT2D eigenvalue weighted by atomic mass is 15.1. The van der Waals surface area contributed by atoms with Gasteiger partial charge in [-0.3, -0.25) is 20.4 Å². The largest absolute Gasteiger partial charge is 0.370 e. The minimum atomic E-state index is -0.333. The first-order valence-electron chi connectivity index (χ1n) is 12.1. The Morgan fingerprint density at radius 2 is 1.26 bits per heavy atom. The minimum absolute atomic E-state index is 0.322. The maximum absolute atomic E-state index is 6.06. The number of nitrogens with two attached hydrogens (primary N) is 8. The summed E-state index contributed by atoms with van der Waals surface area (Å²) in [6.07, 6.45) is 10.9. The Hall–Kier alpha value is -6.02. The Kier molecular flexibility index (Phi) is 24.1. The second-order valence-corrected chi connectivity index (χ2v) is 7.11. The molecule has 0 fully saturated rings. The number of nitrogens with zero attached hydrogens (tertiary/aromatic N) is 7. The van der Waals surface area contributed by atoms with Crippen LogP contribution in [0.15, 0.2) is 58.2 Å². The summed E-state index contributed by atoms with van der Waals surface area (Å²) < 4.78 is 0. The van der Waals surface area contributed by atoms with Gasteiger partial charge >= 0.3 is 0 Å². The van der Waals surface area contributed by atoms with Crippen molar-refractivity contribution in [1.82, 2.24) is 45.9 Å². The lowest BCUT2D eigenvalue weighted by atomic mass is 10.4. The highest BCUT2D eigenvalue weighted by Crippen LogP contribution is 1.84. The average Bonchev–Trinajstić information content (AvgIpc) is 3.76. The molecule has 5 heterocycles. The van der Waals surface area contributed by atoms with E-state index in [0.29, 0.717) is 35.7 Å². The van der Waals surface area contributed by atoms with E-state index >= 15 is 0 Å². The van der Waals surface area contributed by atoms with Gasteiger partial charge in [0.15, 0.2) is 35.7 Å². The first-order chi connectivity index (χ1) is 20.0. The molecule has 0 spiro atoms. The van der Waals surface area contributed by atoms with Crippen LogP contribution in [0.3, 0.4) is 0 Å². The van der Waals surface area contributed by atoms with Gasteiger partial charge in [-0.1, -0.05) is 0 Å². The highest BCUT2D eigenvalue weighted by molar-refractivity contribution is 5.79. The molecule has 0 saturated carbocycles. The fourth-order valence-corrected chi connectivity index (χ4v) is 1.94. The van der Waals surface area contributed by atoms with Crippen LogP contribution in [0.2, 0.25) is 0 Å². The maximum atomic E-state index is 6.06. The highest BCUT2D eigenvalue weighted by Gasteiger charge is 1.95. The molecule has 21 heteroatoms. The normalized spacial score (nSPS) is 12.3. The summed E-state index contributed by atoms with van der Waals surface area (Å²) in [4.78, 5) is 31.2. The molecule has 2 aliphatic heterocycles. The number of aromatic amines is 2. The van der Waals surface area contributed by atoms with Crippen molar-refractivity contribution >= 4 is 41.7 Å². The topological polar surface area (TPSA) is 388 Å². The Morgan fingerprint density at radius 3 is 1.40 bits per heavy atom. The van der Waals surface area contributed by atoms with Crippen LogP contribution in [0.5, 0.6) is 0 Å². The average molecular weight is 592 g/mol. The summed E-state index contributed by atoms with van der Waals surface area (Å²) in [7, 11) is 3.36. The van der Waals surface area contributed by atoms with Crippen molar-refractivity contribution in [2.75, 3.05) is 57.5 Å². The Bertz CT molecular complexity index is 1060. The zero-order valence-electron chi connectivity index (χ0n) is 23.8. The molecule has 234 valence electrons. The van der Waals surface area contributed by atoms with E-state index in [-0.39, 0.29) is 5.96 Å². The molecule has 3 aromatic rings. The molecular weight excluding hydrogens is 546 g/mol. The molecule has 21 nitrogen and oxygen atoms in total. The van der Waals surface area contributed by atoms with Gasteiger partial charge in [-0.25, -0.2) is 19.9 Å². The van der Waals surface area contributed by atoms with Crippen molar-refractivity contribution in [3.05, 3.63) is 43.2 Å². The van der Waals surface area contributed by atoms with Crippen molar-refractivity contribution < 1.29 is 0 Å². The first-order valence-corrected chi connectivity index (χ1v) is 12.1. The van der Waals surface area contributed by atoms with E-state index in [0.717, 1.165) is 32.6 Å². The first kappa shape index (κ1) is 38.1. The van der Waals surface area contributed by atoms with Gasteiger partial charge in [0.1, 0.15) is 0 Å². The maximum Gasteiger partial charge on any atom is 0.219 e. The van der Waals surface area contributed by atoms with E-state index < -0.39 is 0 Å². The van der Waals surface area contributed by atoms with Crippen molar-refractivity contribution in [3.8, 4) is 0 Å². The zero-order chi connectivity index (χ0) is 32.0. The van der Waals surface area contributed by atoms with E-state index in [2.05, 4.69) is 72.3 Å². The van der Waals surface area contributed by atoms with Gasteiger partial charge in [0.2, 0.25) is 5.95 Å². The van der Waals surface area contributed by atoms with Gasteiger partial charge < -0.3 is 71.8 Å². The SMILES string of the molecule is CN=C(N)NC.N=C(N)N.NC1=NCCCN1.NC1=NCCN1.Nc1ncc[nH]1.Nc1ncc[nH]1.Nc1ncccn1. The number of aliphatic imine (C=N–C) groups is 3. The van der Waals surface area contributed by atoms with Crippen LogP contribution in [0.4, 0.5) is 17.8 Å². The molecule has 0 aliphatic carbocycles. The smallest absolute Gasteiger partial charge is 0.219 e. The monoisotopic (exact) mass is 591 g/mol. The third kappa shape index (κ3) is 30.2. The summed E-state index contributed by atoms with van der Waals surface area (Å²) in [6, 6.07) is 1.72. The standard InChI is InChI=1S/C4H9N3.C4H5N3.C3H7N3.2C3H5N3.C3H9N3.CH5N3/c2*5-4-6-2-1-3-7-4;3*4-3-5-1-2-6-3;1-5-3(4)6-2;2-1(3)4/h1-3H2,(H3,5,6,7);1-3H,(H2,5,6,7);1-2H2,(H3,4,5,6);2*1-2H,(H3,4,5,6);1-2H3,(H3,4,5,6);(H5,2,3,4). The summed E-state index contributed by atoms with van der Waals surface area (Å²) in [5, 5.41) is 14.5. The van der Waals surface area contributed by atoms with Gasteiger partial charge in [0.25, 0.3) is 0 Å². The molecule has 42 heavy (non-hydrogen) atoms. The molecule has 0 saturated heterocycles. The van der Waals surface area contributed by atoms with E-state index in [1.54, 1.807) is 57.3 Å². The predicted octanol–water partition coefficient (Wildman–Crippen LogP) is -3.77. The number of aromatic nitrogens is 6. The Balaban J connectivity index is 0. The number of H-pyrrole nitrogens is 2. The minimum Gasteiger partial charge on any atom is -0.370 e. The molecule has 0 bridgehead atoms. The molecule has 22 N–H and O–H groups in total. The van der Waals surface area contributed by atoms with E-state index in [4.69, 9.17) is 39.8 Å². The summed E-state index contributed by atoms with van der Waals surface area (Å²) in [5.41, 5.74) is 39.9. The molecule has 0 atom stereocenters. The van der Waals surface area contributed by atoms with Crippen molar-refractivity contribution in [3.63, 3.8) is 0 Å². The lowest BCUT2D eigenvalue weighted by molar-refractivity contribution is 0.736. The van der Waals surface area contributed by atoms with Gasteiger partial charge in [-0.15, -0.1) is 0 Å². The van der Waals surface area contributed by atoms with E-state index in [1.807, 2.05) is 0 Å². The Labute approximate surface area is 244 Å². The van der Waals surface area contributed by atoms with E-state index in [9.17, 15) is 0 Å². The fourth-order valence-electron chi connectivity index (χ4n) is 1.94. The number of nitrogen functional groups attached to an aromatic ring is 3. The van der Waals surface area contributed by atoms with Gasteiger partial charge in [0.05, 0.1) is 6.54 Å². The third-order valence-corrected chi connectivity index (χ3v) is 3.74. The molecule has 3 aromatic heterocycles.